The minimum absolute atomic E-state index is 0. The van der Waals surface area contributed by atoms with E-state index in [0.29, 0.717) is 5.69 Å². The number of nitrogens with zero attached hydrogens (tertiary/aromatic N) is 1. The molecule has 0 saturated carbocycles. The number of rotatable bonds is 2. The van der Waals surface area contributed by atoms with E-state index in [1.54, 1.807) is 0 Å². The van der Waals surface area contributed by atoms with Crippen LogP contribution in [0, 0.1) is 5.82 Å². The first-order valence-corrected chi connectivity index (χ1v) is 2.99. The zero-order valence-electron chi connectivity index (χ0n) is 6.58. The molecule has 5 heteroatoms. The molecule has 1 heterocycles. The van der Waals surface area contributed by atoms with E-state index < -0.39 is 11.8 Å². The van der Waals surface area contributed by atoms with Gasteiger partial charge < -0.3 is 9.90 Å². The van der Waals surface area contributed by atoms with E-state index >= 15 is 0 Å². The Kier molecular flexibility index (Phi) is 5.04. The smallest absolute Gasteiger partial charge is 0.550 e. The van der Waals surface area contributed by atoms with Gasteiger partial charge in [0.05, 0.1) is 6.20 Å². The van der Waals surface area contributed by atoms with Gasteiger partial charge in [-0.1, -0.05) is 0 Å². The molecule has 1 aromatic rings. The third-order valence-electron chi connectivity index (χ3n) is 1.11. The summed E-state index contributed by atoms with van der Waals surface area (Å²) in [5, 5.41) is 10.0. The van der Waals surface area contributed by atoms with Crippen molar-refractivity contribution in [3.05, 3.63) is 29.8 Å². The topological polar surface area (TPSA) is 53.0 Å². The van der Waals surface area contributed by atoms with Crippen LogP contribution in [-0.4, -0.2) is 11.0 Å². The van der Waals surface area contributed by atoms with Gasteiger partial charge in [0.15, 0.2) is 0 Å². The summed E-state index contributed by atoms with van der Waals surface area (Å²) in [7, 11) is 0. The first kappa shape index (κ1) is 11.6. The fourth-order valence-electron chi connectivity index (χ4n) is 0.659. The van der Waals surface area contributed by atoms with Crippen LogP contribution in [0.1, 0.15) is 5.69 Å². The molecule has 0 saturated heterocycles. The summed E-state index contributed by atoms with van der Waals surface area (Å²) < 4.78 is 12.2. The summed E-state index contributed by atoms with van der Waals surface area (Å²) in [6, 6.07) is 2.47. The molecular formula is C7H5FNNaO2. The maximum absolute atomic E-state index is 12.2. The quantitative estimate of drug-likeness (QED) is 0.441. The van der Waals surface area contributed by atoms with Crippen LogP contribution in [0.15, 0.2) is 18.3 Å². The molecule has 12 heavy (non-hydrogen) atoms. The summed E-state index contributed by atoms with van der Waals surface area (Å²) >= 11 is 0. The predicted octanol–water partition coefficient (Wildman–Crippen LogP) is -3.48. The number of aromatic nitrogens is 1. The number of carbonyl (C=O) groups is 1. The van der Waals surface area contributed by atoms with E-state index in [9.17, 15) is 14.3 Å². The van der Waals surface area contributed by atoms with Crippen molar-refractivity contribution in [1.82, 2.24) is 4.98 Å². The number of hydrogen-bond acceptors (Lipinski definition) is 3. The van der Waals surface area contributed by atoms with Crippen LogP contribution in [0.2, 0.25) is 0 Å². The molecule has 3 nitrogen and oxygen atoms in total. The molecule has 0 aromatic carbocycles. The minimum atomic E-state index is -1.22. The number of pyridine rings is 1. The van der Waals surface area contributed by atoms with E-state index in [0.717, 1.165) is 12.3 Å². The number of hydrogen-bond donors (Lipinski definition) is 0. The number of aliphatic carboxylic acids is 1. The molecule has 0 atom stereocenters. The van der Waals surface area contributed by atoms with E-state index in [4.69, 9.17) is 0 Å². The Labute approximate surface area is 90.9 Å². The molecule has 0 N–H and O–H groups in total. The second kappa shape index (κ2) is 5.24. The zero-order chi connectivity index (χ0) is 8.27. The molecule has 0 unspecified atom stereocenters. The molecule has 0 radical (unpaired) electrons. The third kappa shape index (κ3) is 3.80. The maximum Gasteiger partial charge on any atom is 1.00 e. The van der Waals surface area contributed by atoms with Crippen LogP contribution >= 0.6 is 0 Å². The Bertz CT molecular complexity index is 263. The number of halogens is 1. The Balaban J connectivity index is 0.00000121. The van der Waals surface area contributed by atoms with Gasteiger partial charge in [0.25, 0.3) is 0 Å². The van der Waals surface area contributed by atoms with Crippen molar-refractivity contribution >= 4 is 5.97 Å². The van der Waals surface area contributed by atoms with Gasteiger partial charge >= 0.3 is 29.6 Å². The number of carboxylic acid groups (broad SMARTS) is 1. The molecule has 58 valence electrons. The molecule has 0 amide bonds. The van der Waals surface area contributed by atoms with Gasteiger partial charge in [0.2, 0.25) is 0 Å². The Morgan fingerprint density at radius 2 is 2.25 bits per heavy atom. The molecule has 0 aliphatic rings. The summed E-state index contributed by atoms with van der Waals surface area (Å²) in [6.45, 7) is 0. The van der Waals surface area contributed by atoms with Crippen molar-refractivity contribution in [2.75, 3.05) is 0 Å². The molecule has 1 aromatic heterocycles. The molecular weight excluding hydrogens is 172 g/mol. The van der Waals surface area contributed by atoms with Gasteiger partial charge in [-0.2, -0.15) is 0 Å². The normalized spacial score (nSPS) is 8.75. The third-order valence-corrected chi connectivity index (χ3v) is 1.11. The molecule has 0 aliphatic carbocycles. The fraction of sp³-hybridized carbons (Fsp3) is 0.143. The van der Waals surface area contributed by atoms with Crippen molar-refractivity contribution in [3.63, 3.8) is 0 Å². The van der Waals surface area contributed by atoms with Crippen LogP contribution in [0.25, 0.3) is 0 Å². The molecule has 1 rings (SSSR count). The Hall–Kier alpha value is -0.450. The predicted molar refractivity (Wildman–Crippen MR) is 32.9 cm³/mol. The van der Waals surface area contributed by atoms with E-state index in [1.165, 1.54) is 6.07 Å². The van der Waals surface area contributed by atoms with Crippen LogP contribution in [0.4, 0.5) is 4.39 Å². The van der Waals surface area contributed by atoms with Gasteiger partial charge in [-0.25, -0.2) is 4.39 Å². The molecule has 0 aliphatic heterocycles. The van der Waals surface area contributed by atoms with Crippen molar-refractivity contribution in [3.8, 4) is 0 Å². The largest absolute Gasteiger partial charge is 1.00 e. The number of carbonyl (C=O) groups excluding carboxylic acids is 1. The summed E-state index contributed by atoms with van der Waals surface area (Å²) in [5.41, 5.74) is 0.298. The van der Waals surface area contributed by atoms with E-state index in [2.05, 4.69) is 4.98 Å². The molecule has 0 bridgehead atoms. The maximum atomic E-state index is 12.2. The van der Waals surface area contributed by atoms with Crippen LogP contribution in [0.3, 0.4) is 0 Å². The second-order valence-electron chi connectivity index (χ2n) is 2.02. The first-order valence-electron chi connectivity index (χ1n) is 2.99. The summed E-state index contributed by atoms with van der Waals surface area (Å²) in [4.78, 5) is 13.5. The monoisotopic (exact) mass is 177 g/mol. The van der Waals surface area contributed by atoms with Crippen molar-refractivity contribution < 1.29 is 43.8 Å². The van der Waals surface area contributed by atoms with Gasteiger partial charge in [0, 0.05) is 18.1 Å². The Morgan fingerprint density at radius 1 is 1.58 bits per heavy atom. The standard InChI is InChI=1S/C7H6FNO2.Na/c8-5-1-2-6(9-4-5)3-7(10)11;/h1-2,4H,3H2,(H,10,11);/q;+1/p-1. The fourth-order valence-corrected chi connectivity index (χ4v) is 0.659. The zero-order valence-corrected chi connectivity index (χ0v) is 8.58. The Morgan fingerprint density at radius 3 is 2.67 bits per heavy atom. The van der Waals surface area contributed by atoms with Crippen molar-refractivity contribution in [2.45, 2.75) is 6.42 Å². The second-order valence-corrected chi connectivity index (χ2v) is 2.02. The van der Waals surface area contributed by atoms with Crippen LogP contribution in [-0.2, 0) is 11.2 Å². The van der Waals surface area contributed by atoms with Crippen LogP contribution in [0.5, 0.6) is 0 Å². The van der Waals surface area contributed by atoms with Gasteiger partial charge in [0.1, 0.15) is 5.82 Å². The molecule has 0 spiro atoms. The van der Waals surface area contributed by atoms with Gasteiger partial charge in [-0.15, -0.1) is 0 Å². The van der Waals surface area contributed by atoms with E-state index in [1.807, 2.05) is 0 Å². The summed E-state index contributed by atoms with van der Waals surface area (Å²) in [6.07, 6.45) is 0.693. The van der Waals surface area contributed by atoms with Gasteiger partial charge in [-0.05, 0) is 12.1 Å². The van der Waals surface area contributed by atoms with Crippen LogP contribution < -0.4 is 34.7 Å². The summed E-state index contributed by atoms with van der Waals surface area (Å²) in [5.74, 6) is -1.70. The number of carboxylic acids is 1. The van der Waals surface area contributed by atoms with Crippen molar-refractivity contribution in [2.24, 2.45) is 0 Å². The minimum Gasteiger partial charge on any atom is -0.550 e. The van der Waals surface area contributed by atoms with Gasteiger partial charge in [-0.3, -0.25) is 4.98 Å². The van der Waals surface area contributed by atoms with Crippen molar-refractivity contribution in [1.29, 1.82) is 0 Å². The SMILES string of the molecule is O=C([O-])Cc1ccc(F)cn1.[Na+]. The average molecular weight is 177 g/mol. The molecule has 0 fully saturated rings. The first-order chi connectivity index (χ1) is 5.18. The van der Waals surface area contributed by atoms with E-state index in [-0.39, 0.29) is 36.0 Å². The average Bonchev–Trinajstić information content (AvgIpc) is 1.93.